The van der Waals surface area contributed by atoms with E-state index in [1.165, 1.54) is 6.07 Å². The maximum Gasteiger partial charge on any atom is 0.416 e. The molecule has 0 aliphatic carbocycles. The second kappa shape index (κ2) is 10.3. The van der Waals surface area contributed by atoms with E-state index in [4.69, 9.17) is 0 Å². The van der Waals surface area contributed by atoms with Gasteiger partial charge in [0, 0.05) is 19.2 Å². The summed E-state index contributed by atoms with van der Waals surface area (Å²) in [6.07, 6.45) is -4.36. The molecule has 1 aromatic carbocycles. The first kappa shape index (κ1) is 21.3. The van der Waals surface area contributed by atoms with E-state index in [9.17, 15) is 13.2 Å². The highest BCUT2D eigenvalue weighted by Crippen LogP contribution is 2.29. The standard InChI is InChI=1S/C17H16F3N3S.HI/c1-21-16(23-11-14-7-9-24-12-14)22-8-3-5-13-4-2-6-15(10-13)17(18,19)20;/h2,4,6-7,9-10,12H,8,11H2,1H3,(H2,21,22,23);1H. The Morgan fingerprint density at radius 1 is 1.24 bits per heavy atom. The summed E-state index contributed by atoms with van der Waals surface area (Å²) in [6, 6.07) is 6.97. The lowest BCUT2D eigenvalue weighted by Crippen LogP contribution is -2.36. The second-order valence-corrected chi connectivity index (χ2v) is 5.57. The number of nitrogens with zero attached hydrogens (tertiary/aromatic N) is 1. The Kier molecular flexibility index (Phi) is 8.78. The monoisotopic (exact) mass is 479 g/mol. The Labute approximate surface area is 165 Å². The Morgan fingerprint density at radius 3 is 2.68 bits per heavy atom. The Hall–Kier alpha value is -1.73. The van der Waals surface area contributed by atoms with Crippen LogP contribution in [0, 0.1) is 11.8 Å². The summed E-state index contributed by atoms with van der Waals surface area (Å²) in [5.41, 5.74) is 0.779. The highest BCUT2D eigenvalue weighted by molar-refractivity contribution is 14.0. The van der Waals surface area contributed by atoms with E-state index < -0.39 is 11.7 Å². The second-order valence-electron chi connectivity index (χ2n) is 4.79. The van der Waals surface area contributed by atoms with Crippen LogP contribution >= 0.6 is 35.3 Å². The van der Waals surface area contributed by atoms with Crippen LogP contribution in [0.1, 0.15) is 16.7 Å². The van der Waals surface area contributed by atoms with Crippen molar-refractivity contribution in [3.63, 3.8) is 0 Å². The molecule has 0 atom stereocenters. The highest BCUT2D eigenvalue weighted by Gasteiger charge is 2.30. The summed E-state index contributed by atoms with van der Waals surface area (Å²) in [5.74, 6) is 6.09. The Balaban J connectivity index is 0.00000312. The number of nitrogens with one attached hydrogen (secondary N) is 2. The molecule has 1 heterocycles. The van der Waals surface area contributed by atoms with Crippen molar-refractivity contribution in [3.05, 3.63) is 57.8 Å². The first-order valence-electron chi connectivity index (χ1n) is 7.11. The first-order valence-corrected chi connectivity index (χ1v) is 8.05. The first-order chi connectivity index (χ1) is 11.5. The molecule has 8 heteroatoms. The van der Waals surface area contributed by atoms with Crippen LogP contribution in [-0.4, -0.2) is 19.6 Å². The van der Waals surface area contributed by atoms with Gasteiger partial charge in [0.2, 0.25) is 0 Å². The zero-order chi connectivity index (χ0) is 17.4. The molecule has 0 bridgehead atoms. The molecule has 134 valence electrons. The molecule has 1 aromatic heterocycles. The molecule has 25 heavy (non-hydrogen) atoms. The largest absolute Gasteiger partial charge is 0.416 e. The fourth-order valence-electron chi connectivity index (χ4n) is 1.85. The summed E-state index contributed by atoms with van der Waals surface area (Å²) in [7, 11) is 1.64. The summed E-state index contributed by atoms with van der Waals surface area (Å²) < 4.78 is 37.9. The number of alkyl halides is 3. The third-order valence-electron chi connectivity index (χ3n) is 3.03. The van der Waals surface area contributed by atoms with Crippen molar-refractivity contribution < 1.29 is 13.2 Å². The number of thiophene rings is 1. The summed E-state index contributed by atoms with van der Waals surface area (Å²) >= 11 is 1.62. The minimum absolute atomic E-state index is 0. The average molecular weight is 479 g/mol. The van der Waals surface area contributed by atoms with Gasteiger partial charge in [-0.3, -0.25) is 4.99 Å². The van der Waals surface area contributed by atoms with Crippen molar-refractivity contribution in [1.82, 2.24) is 10.6 Å². The predicted molar refractivity (Wildman–Crippen MR) is 106 cm³/mol. The van der Waals surface area contributed by atoms with E-state index in [1.807, 2.05) is 16.8 Å². The van der Waals surface area contributed by atoms with Crippen molar-refractivity contribution in [1.29, 1.82) is 0 Å². The highest BCUT2D eigenvalue weighted by atomic mass is 127. The van der Waals surface area contributed by atoms with Crippen LogP contribution in [0.4, 0.5) is 13.2 Å². The molecule has 0 unspecified atom stereocenters. The van der Waals surface area contributed by atoms with Crippen LogP contribution in [0.2, 0.25) is 0 Å². The number of halogens is 4. The molecule has 0 aliphatic rings. The third-order valence-corrected chi connectivity index (χ3v) is 3.76. The number of rotatable bonds is 3. The normalized spacial score (nSPS) is 11.1. The predicted octanol–water partition coefficient (Wildman–Crippen LogP) is 4.10. The lowest BCUT2D eigenvalue weighted by atomic mass is 10.1. The lowest BCUT2D eigenvalue weighted by molar-refractivity contribution is -0.137. The topological polar surface area (TPSA) is 36.4 Å². The molecule has 0 saturated carbocycles. The van der Waals surface area contributed by atoms with Crippen molar-refractivity contribution in [2.75, 3.05) is 13.6 Å². The molecule has 0 aliphatic heterocycles. The van der Waals surface area contributed by atoms with Crippen LogP contribution in [0.5, 0.6) is 0 Å². The molecular weight excluding hydrogens is 462 g/mol. The smallest absolute Gasteiger partial charge is 0.352 e. The van der Waals surface area contributed by atoms with Crippen LogP contribution in [-0.2, 0) is 12.7 Å². The number of benzene rings is 1. The summed E-state index contributed by atoms with van der Waals surface area (Å²) in [5, 5.41) is 10.2. The molecule has 2 aromatic rings. The summed E-state index contributed by atoms with van der Waals surface area (Å²) in [4.78, 5) is 4.06. The van der Waals surface area contributed by atoms with Gasteiger partial charge in [-0.25, -0.2) is 0 Å². The summed E-state index contributed by atoms with van der Waals surface area (Å²) in [6.45, 7) is 0.920. The van der Waals surface area contributed by atoms with E-state index in [0.29, 0.717) is 18.1 Å². The molecule has 0 amide bonds. The maximum atomic E-state index is 12.6. The zero-order valence-electron chi connectivity index (χ0n) is 13.4. The van der Waals surface area contributed by atoms with Crippen molar-refractivity contribution in [3.8, 4) is 11.8 Å². The molecular formula is C17H17F3IN3S. The molecule has 0 spiro atoms. The van der Waals surface area contributed by atoms with E-state index in [2.05, 4.69) is 27.5 Å². The van der Waals surface area contributed by atoms with Crippen LogP contribution in [0.25, 0.3) is 0 Å². The SMILES string of the molecule is CN=C(NCC#Cc1cccc(C(F)(F)F)c1)NCc1ccsc1.I. The van der Waals surface area contributed by atoms with E-state index >= 15 is 0 Å². The van der Waals surface area contributed by atoms with Crippen LogP contribution in [0.3, 0.4) is 0 Å². The number of guanidine groups is 1. The van der Waals surface area contributed by atoms with Gasteiger partial charge in [0.25, 0.3) is 0 Å². The van der Waals surface area contributed by atoms with E-state index in [1.54, 1.807) is 24.5 Å². The number of hydrogen-bond donors (Lipinski definition) is 2. The van der Waals surface area contributed by atoms with Gasteiger partial charge in [-0.1, -0.05) is 17.9 Å². The van der Waals surface area contributed by atoms with E-state index in [0.717, 1.165) is 17.7 Å². The van der Waals surface area contributed by atoms with Gasteiger partial charge in [0.1, 0.15) is 0 Å². The van der Waals surface area contributed by atoms with Crippen molar-refractivity contribution in [2.24, 2.45) is 4.99 Å². The fraction of sp³-hybridized carbons (Fsp3) is 0.235. The van der Waals surface area contributed by atoms with E-state index in [-0.39, 0.29) is 30.5 Å². The minimum atomic E-state index is -4.36. The minimum Gasteiger partial charge on any atom is -0.352 e. The molecule has 0 fully saturated rings. The van der Waals surface area contributed by atoms with Crippen molar-refractivity contribution in [2.45, 2.75) is 12.7 Å². The van der Waals surface area contributed by atoms with Gasteiger partial charge in [-0.05, 0) is 40.6 Å². The fourth-order valence-corrected chi connectivity index (χ4v) is 2.52. The van der Waals surface area contributed by atoms with Gasteiger partial charge >= 0.3 is 6.18 Å². The van der Waals surface area contributed by atoms with Gasteiger partial charge in [-0.15, -0.1) is 24.0 Å². The van der Waals surface area contributed by atoms with Gasteiger partial charge in [0.05, 0.1) is 12.1 Å². The molecule has 2 rings (SSSR count). The zero-order valence-corrected chi connectivity index (χ0v) is 16.5. The number of aliphatic imine (C=N–C) groups is 1. The quantitative estimate of drug-likeness (QED) is 0.301. The van der Waals surface area contributed by atoms with Gasteiger partial charge < -0.3 is 10.6 Å². The lowest BCUT2D eigenvalue weighted by Gasteiger charge is -2.08. The number of hydrogen-bond acceptors (Lipinski definition) is 2. The Bertz CT molecular complexity index is 746. The average Bonchev–Trinajstić information content (AvgIpc) is 3.07. The maximum absolute atomic E-state index is 12.6. The molecule has 3 nitrogen and oxygen atoms in total. The van der Waals surface area contributed by atoms with Crippen LogP contribution < -0.4 is 10.6 Å². The third kappa shape index (κ3) is 7.36. The van der Waals surface area contributed by atoms with Gasteiger partial charge in [-0.2, -0.15) is 24.5 Å². The molecule has 2 N–H and O–H groups in total. The van der Waals surface area contributed by atoms with Crippen LogP contribution in [0.15, 0.2) is 46.1 Å². The van der Waals surface area contributed by atoms with Gasteiger partial charge in [0.15, 0.2) is 5.96 Å². The van der Waals surface area contributed by atoms with Crippen molar-refractivity contribution >= 4 is 41.3 Å². The molecule has 0 radical (unpaired) electrons. The molecule has 0 saturated heterocycles. The Morgan fingerprint density at radius 2 is 2.04 bits per heavy atom.